The molecule has 1 aliphatic rings. The summed E-state index contributed by atoms with van der Waals surface area (Å²) in [5, 5.41) is 6.25. The van der Waals surface area contributed by atoms with E-state index >= 15 is 0 Å². The van der Waals surface area contributed by atoms with Gasteiger partial charge < -0.3 is 20.1 Å². The molecule has 0 radical (unpaired) electrons. The van der Waals surface area contributed by atoms with Crippen molar-refractivity contribution in [2.24, 2.45) is 5.92 Å². The van der Waals surface area contributed by atoms with E-state index in [2.05, 4.69) is 10.6 Å². The van der Waals surface area contributed by atoms with E-state index in [-0.39, 0.29) is 5.91 Å². The minimum atomic E-state index is 0.122. The predicted octanol–water partition coefficient (Wildman–Crippen LogP) is 1.97. The van der Waals surface area contributed by atoms with Gasteiger partial charge in [-0.05, 0) is 62.5 Å². The highest BCUT2D eigenvalue weighted by Crippen LogP contribution is 2.18. The second kappa shape index (κ2) is 9.30. The van der Waals surface area contributed by atoms with Crippen LogP contribution in [0.4, 0.5) is 0 Å². The molecule has 0 bridgehead atoms. The summed E-state index contributed by atoms with van der Waals surface area (Å²) in [6, 6.07) is 7.43. The first kappa shape index (κ1) is 16.6. The molecule has 1 fully saturated rings. The number of hydrogen-bond donors (Lipinski definition) is 2. The summed E-state index contributed by atoms with van der Waals surface area (Å²) in [7, 11) is 1.63. The monoisotopic (exact) mass is 306 g/mol. The van der Waals surface area contributed by atoms with Gasteiger partial charge in [-0.1, -0.05) is 0 Å². The molecule has 1 aromatic rings. The lowest BCUT2D eigenvalue weighted by Crippen LogP contribution is -2.30. The van der Waals surface area contributed by atoms with Gasteiger partial charge in [0, 0.05) is 6.42 Å². The quantitative estimate of drug-likeness (QED) is 0.721. The number of carbonyl (C=O) groups excluding carboxylic acids is 1. The molecular weight excluding hydrogens is 280 g/mol. The Labute approximate surface area is 132 Å². The van der Waals surface area contributed by atoms with Crippen LogP contribution in [0.25, 0.3) is 0 Å². The summed E-state index contributed by atoms with van der Waals surface area (Å²) >= 11 is 0. The van der Waals surface area contributed by atoms with Crippen LogP contribution in [0.2, 0.25) is 0 Å². The van der Waals surface area contributed by atoms with E-state index in [0.717, 1.165) is 31.0 Å². The molecule has 0 aromatic heterocycles. The smallest absolute Gasteiger partial charge is 0.220 e. The van der Waals surface area contributed by atoms with Gasteiger partial charge in [0.15, 0.2) is 0 Å². The first-order chi connectivity index (χ1) is 10.8. The third-order valence-electron chi connectivity index (χ3n) is 3.99. The molecule has 2 rings (SSSR count). The molecule has 1 amide bonds. The maximum atomic E-state index is 11.8. The zero-order valence-electron chi connectivity index (χ0n) is 13.3. The second-order valence-corrected chi connectivity index (χ2v) is 5.61. The van der Waals surface area contributed by atoms with E-state index in [4.69, 9.17) is 9.47 Å². The van der Waals surface area contributed by atoms with Crippen LogP contribution in [0.5, 0.6) is 11.5 Å². The number of hydrogen-bond acceptors (Lipinski definition) is 4. The van der Waals surface area contributed by atoms with Gasteiger partial charge in [0.05, 0.1) is 13.7 Å². The fourth-order valence-corrected chi connectivity index (χ4v) is 2.63. The van der Waals surface area contributed by atoms with Gasteiger partial charge in [0.1, 0.15) is 18.1 Å². The largest absolute Gasteiger partial charge is 0.497 e. The van der Waals surface area contributed by atoms with Crippen LogP contribution >= 0.6 is 0 Å². The highest BCUT2D eigenvalue weighted by Gasteiger charge is 2.14. The molecule has 0 unspecified atom stereocenters. The lowest BCUT2D eigenvalue weighted by atomic mass is 9.93. The number of ether oxygens (including phenoxy) is 2. The first-order valence-corrected chi connectivity index (χ1v) is 8.02. The van der Waals surface area contributed by atoms with E-state index in [9.17, 15) is 4.79 Å². The molecule has 0 atom stereocenters. The first-order valence-electron chi connectivity index (χ1n) is 8.02. The van der Waals surface area contributed by atoms with E-state index in [1.54, 1.807) is 7.11 Å². The SMILES string of the molecule is COc1ccc(OCCNC(=O)CCC2CCNCC2)cc1. The van der Waals surface area contributed by atoms with Crippen LogP contribution in [0.1, 0.15) is 25.7 Å². The molecule has 0 saturated carbocycles. The molecule has 1 saturated heterocycles. The number of amides is 1. The van der Waals surface area contributed by atoms with Crippen LogP contribution in [0.15, 0.2) is 24.3 Å². The number of methoxy groups -OCH3 is 1. The fraction of sp³-hybridized carbons (Fsp3) is 0.588. The Balaban J connectivity index is 1.54. The zero-order chi connectivity index (χ0) is 15.6. The van der Waals surface area contributed by atoms with Crippen molar-refractivity contribution in [2.45, 2.75) is 25.7 Å². The van der Waals surface area contributed by atoms with E-state index in [0.29, 0.717) is 25.5 Å². The molecule has 0 aliphatic carbocycles. The van der Waals surface area contributed by atoms with Gasteiger partial charge in [-0.15, -0.1) is 0 Å². The normalized spacial score (nSPS) is 15.3. The van der Waals surface area contributed by atoms with Gasteiger partial charge in [0.2, 0.25) is 5.91 Å². The lowest BCUT2D eigenvalue weighted by Gasteiger charge is -2.22. The summed E-state index contributed by atoms with van der Waals surface area (Å²) in [6.07, 6.45) is 3.99. The van der Waals surface area contributed by atoms with Gasteiger partial charge in [-0.2, -0.15) is 0 Å². The maximum Gasteiger partial charge on any atom is 0.220 e. The zero-order valence-corrected chi connectivity index (χ0v) is 13.3. The molecule has 5 heteroatoms. The van der Waals surface area contributed by atoms with Crippen molar-refractivity contribution in [1.29, 1.82) is 0 Å². The van der Waals surface area contributed by atoms with Gasteiger partial charge in [0.25, 0.3) is 0 Å². The molecule has 1 aromatic carbocycles. The average molecular weight is 306 g/mol. The molecule has 1 heterocycles. The molecular formula is C17H26N2O3. The highest BCUT2D eigenvalue weighted by molar-refractivity contribution is 5.75. The molecule has 22 heavy (non-hydrogen) atoms. The second-order valence-electron chi connectivity index (χ2n) is 5.61. The highest BCUT2D eigenvalue weighted by atomic mass is 16.5. The van der Waals surface area contributed by atoms with Crippen LogP contribution in [0, 0.1) is 5.92 Å². The Morgan fingerprint density at radius 2 is 1.91 bits per heavy atom. The van der Waals surface area contributed by atoms with Crippen molar-refractivity contribution in [3.63, 3.8) is 0 Å². The van der Waals surface area contributed by atoms with Crippen LogP contribution in [0.3, 0.4) is 0 Å². The van der Waals surface area contributed by atoms with Crippen molar-refractivity contribution in [2.75, 3.05) is 33.4 Å². The number of benzene rings is 1. The van der Waals surface area contributed by atoms with Gasteiger partial charge >= 0.3 is 0 Å². The van der Waals surface area contributed by atoms with Crippen molar-refractivity contribution < 1.29 is 14.3 Å². The van der Waals surface area contributed by atoms with Crippen molar-refractivity contribution >= 4 is 5.91 Å². The van der Waals surface area contributed by atoms with Crippen LogP contribution in [-0.4, -0.2) is 39.3 Å². The number of piperidine rings is 1. The topological polar surface area (TPSA) is 59.6 Å². The van der Waals surface area contributed by atoms with E-state index in [1.165, 1.54) is 12.8 Å². The van der Waals surface area contributed by atoms with Crippen molar-refractivity contribution in [1.82, 2.24) is 10.6 Å². The third kappa shape index (κ3) is 5.93. The van der Waals surface area contributed by atoms with Gasteiger partial charge in [-0.3, -0.25) is 4.79 Å². The summed E-state index contributed by atoms with van der Waals surface area (Å²) < 4.78 is 10.7. The fourth-order valence-electron chi connectivity index (χ4n) is 2.63. The van der Waals surface area contributed by atoms with Gasteiger partial charge in [-0.25, -0.2) is 0 Å². The summed E-state index contributed by atoms with van der Waals surface area (Å²) in [5.41, 5.74) is 0. The number of nitrogens with one attached hydrogen (secondary N) is 2. The van der Waals surface area contributed by atoms with Crippen LogP contribution < -0.4 is 20.1 Å². The summed E-state index contributed by atoms with van der Waals surface area (Å²) in [5.74, 6) is 2.41. The Hall–Kier alpha value is -1.75. The molecule has 122 valence electrons. The summed E-state index contributed by atoms with van der Waals surface area (Å²) in [6.45, 7) is 3.19. The van der Waals surface area contributed by atoms with Crippen molar-refractivity contribution in [3.05, 3.63) is 24.3 Å². The Bertz CT molecular complexity index is 442. The number of rotatable bonds is 8. The van der Waals surface area contributed by atoms with E-state index < -0.39 is 0 Å². The lowest BCUT2D eigenvalue weighted by molar-refractivity contribution is -0.121. The van der Waals surface area contributed by atoms with Crippen LogP contribution in [-0.2, 0) is 4.79 Å². The standard InChI is InChI=1S/C17H26N2O3/c1-21-15-3-5-16(6-4-15)22-13-12-19-17(20)7-2-14-8-10-18-11-9-14/h3-6,14,18H,2,7-13H2,1H3,(H,19,20). The third-order valence-corrected chi connectivity index (χ3v) is 3.99. The summed E-state index contributed by atoms with van der Waals surface area (Å²) in [4.78, 5) is 11.8. The molecule has 2 N–H and O–H groups in total. The Kier molecular flexibility index (Phi) is 7.03. The Morgan fingerprint density at radius 3 is 2.59 bits per heavy atom. The number of carbonyl (C=O) groups is 1. The molecule has 0 spiro atoms. The van der Waals surface area contributed by atoms with E-state index in [1.807, 2.05) is 24.3 Å². The molecule has 5 nitrogen and oxygen atoms in total. The van der Waals surface area contributed by atoms with Crippen molar-refractivity contribution in [3.8, 4) is 11.5 Å². The predicted molar refractivity (Wildman–Crippen MR) is 86.3 cm³/mol. The minimum absolute atomic E-state index is 0.122. The molecule has 1 aliphatic heterocycles. The minimum Gasteiger partial charge on any atom is -0.497 e. The maximum absolute atomic E-state index is 11.8. The Morgan fingerprint density at radius 1 is 1.23 bits per heavy atom. The average Bonchev–Trinajstić information content (AvgIpc) is 2.58.